The Labute approximate surface area is 179 Å². The van der Waals surface area contributed by atoms with E-state index in [9.17, 15) is 5.26 Å². The van der Waals surface area contributed by atoms with Gasteiger partial charge in [-0.1, -0.05) is 15.9 Å². The largest absolute Gasteiger partial charge is 0.497 e. The maximum absolute atomic E-state index is 9.88. The monoisotopic (exact) mass is 466 g/mol. The van der Waals surface area contributed by atoms with E-state index in [1.807, 2.05) is 36.4 Å². The van der Waals surface area contributed by atoms with Crippen molar-refractivity contribution in [3.05, 3.63) is 63.5 Å². The molecule has 3 aromatic rings. The maximum atomic E-state index is 9.88. The lowest BCUT2D eigenvalue weighted by Gasteiger charge is -2.25. The molecule has 2 aromatic carbocycles. The molecule has 1 aromatic heterocycles. The average molecular weight is 467 g/mol. The van der Waals surface area contributed by atoms with E-state index >= 15 is 0 Å². The Kier molecular flexibility index (Phi) is 4.29. The van der Waals surface area contributed by atoms with Crippen LogP contribution < -0.4 is 24.7 Å². The minimum Gasteiger partial charge on any atom is -0.497 e. The second kappa shape index (κ2) is 7.00. The first kappa shape index (κ1) is 18.4. The molecule has 0 amide bonds. The van der Waals surface area contributed by atoms with Gasteiger partial charge in [0.15, 0.2) is 11.5 Å². The molecule has 3 heterocycles. The predicted octanol–water partition coefficient (Wildman–Crippen LogP) is 3.79. The van der Waals surface area contributed by atoms with Gasteiger partial charge >= 0.3 is 0 Å². The molecule has 30 heavy (non-hydrogen) atoms. The summed E-state index contributed by atoms with van der Waals surface area (Å²) in [4.78, 5) is 0. The van der Waals surface area contributed by atoms with Crippen molar-refractivity contribution in [1.82, 2.24) is 10.2 Å². The molecule has 8 nitrogen and oxygen atoms in total. The van der Waals surface area contributed by atoms with Crippen molar-refractivity contribution >= 4 is 15.9 Å². The third-order valence-corrected chi connectivity index (χ3v) is 5.81. The van der Waals surface area contributed by atoms with Gasteiger partial charge in [0.1, 0.15) is 17.4 Å². The van der Waals surface area contributed by atoms with Gasteiger partial charge in [0, 0.05) is 10.0 Å². The number of aromatic amines is 1. The van der Waals surface area contributed by atoms with Crippen LogP contribution in [-0.2, 0) is 0 Å². The Hall–Kier alpha value is -3.64. The van der Waals surface area contributed by atoms with Crippen LogP contribution >= 0.6 is 15.9 Å². The summed E-state index contributed by atoms with van der Waals surface area (Å²) in [6.07, 6.45) is 0. The molecule has 2 aliphatic heterocycles. The lowest BCUT2D eigenvalue weighted by Crippen LogP contribution is -2.21. The number of benzene rings is 2. The van der Waals surface area contributed by atoms with Crippen LogP contribution in [0, 0.1) is 11.3 Å². The van der Waals surface area contributed by atoms with E-state index in [4.69, 9.17) is 24.7 Å². The van der Waals surface area contributed by atoms with Crippen LogP contribution in [0.3, 0.4) is 0 Å². The van der Waals surface area contributed by atoms with Gasteiger partial charge in [-0.15, -0.1) is 5.10 Å². The number of aromatic nitrogens is 2. The number of halogens is 1. The Morgan fingerprint density at radius 3 is 2.67 bits per heavy atom. The van der Waals surface area contributed by atoms with Crippen LogP contribution in [-0.4, -0.2) is 24.1 Å². The first-order valence-corrected chi connectivity index (χ1v) is 9.79. The summed E-state index contributed by atoms with van der Waals surface area (Å²) in [5.74, 6) is 1.81. The zero-order valence-electron chi connectivity index (χ0n) is 15.7. The van der Waals surface area contributed by atoms with Gasteiger partial charge in [-0.25, -0.2) is 0 Å². The summed E-state index contributed by atoms with van der Waals surface area (Å²) in [5.41, 5.74) is 9.46. The molecular formula is C21H15BrN4O4. The quantitative estimate of drug-likeness (QED) is 0.602. The Balaban J connectivity index is 1.72. The van der Waals surface area contributed by atoms with Crippen LogP contribution in [0.15, 0.2) is 52.3 Å². The number of nitrogens with two attached hydrogens (primary N) is 1. The molecule has 150 valence electrons. The minimum atomic E-state index is -0.515. The molecule has 1 atom stereocenters. The molecule has 3 N–H and O–H groups in total. The maximum Gasteiger partial charge on any atom is 0.244 e. The molecule has 0 bridgehead atoms. The first-order chi connectivity index (χ1) is 14.6. The van der Waals surface area contributed by atoms with Crippen LogP contribution in [0.5, 0.6) is 23.1 Å². The molecule has 0 unspecified atom stereocenters. The van der Waals surface area contributed by atoms with Gasteiger partial charge < -0.3 is 24.7 Å². The number of allylic oxidation sites excluding steroid dienone is 1. The molecule has 0 spiro atoms. The minimum absolute atomic E-state index is 0.0207. The zero-order chi connectivity index (χ0) is 20.8. The highest BCUT2D eigenvalue weighted by atomic mass is 79.9. The Bertz CT molecular complexity index is 1230. The number of nitrogens with zero attached hydrogens (tertiary/aromatic N) is 2. The van der Waals surface area contributed by atoms with E-state index in [1.165, 1.54) is 0 Å². The molecule has 0 radical (unpaired) electrons. The topological polar surface area (TPSA) is 115 Å². The number of ether oxygens (including phenoxy) is 4. The number of nitriles is 1. The highest BCUT2D eigenvalue weighted by Gasteiger charge is 2.37. The van der Waals surface area contributed by atoms with E-state index in [0.717, 1.165) is 27.0 Å². The van der Waals surface area contributed by atoms with E-state index in [2.05, 4.69) is 32.2 Å². The summed E-state index contributed by atoms with van der Waals surface area (Å²) in [6, 6.07) is 13.4. The summed E-state index contributed by atoms with van der Waals surface area (Å²) in [7, 11) is 1.61. The van der Waals surface area contributed by atoms with Gasteiger partial charge in [-0.3, -0.25) is 5.10 Å². The molecule has 0 saturated carbocycles. The first-order valence-electron chi connectivity index (χ1n) is 9.00. The van der Waals surface area contributed by atoms with Gasteiger partial charge in [0.25, 0.3) is 0 Å². The Morgan fingerprint density at radius 2 is 1.97 bits per heavy atom. The zero-order valence-corrected chi connectivity index (χ0v) is 17.3. The van der Waals surface area contributed by atoms with Gasteiger partial charge in [0.2, 0.25) is 18.6 Å². The van der Waals surface area contributed by atoms with Crippen molar-refractivity contribution in [2.75, 3.05) is 13.9 Å². The smallest absolute Gasteiger partial charge is 0.244 e. The fourth-order valence-corrected chi connectivity index (χ4v) is 4.24. The van der Waals surface area contributed by atoms with E-state index in [0.29, 0.717) is 28.5 Å². The predicted molar refractivity (Wildman–Crippen MR) is 110 cm³/mol. The van der Waals surface area contributed by atoms with Crippen molar-refractivity contribution in [2.45, 2.75) is 5.92 Å². The molecule has 0 saturated heterocycles. The SMILES string of the molecule is COc1ccc(-c2[nH]nc3c2[C@H](c2cc4c(cc2Br)OCO4)C(C#N)=C(N)O3)cc1. The number of hydrogen-bond acceptors (Lipinski definition) is 7. The summed E-state index contributed by atoms with van der Waals surface area (Å²) < 4.78 is 22.7. The number of methoxy groups -OCH3 is 1. The highest BCUT2D eigenvalue weighted by Crippen LogP contribution is 2.49. The molecule has 5 rings (SSSR count). The second-order valence-corrected chi connectivity index (χ2v) is 7.55. The number of hydrogen-bond donors (Lipinski definition) is 2. The number of H-pyrrole nitrogens is 1. The molecule has 2 aliphatic rings. The van der Waals surface area contributed by atoms with Gasteiger partial charge in [-0.2, -0.15) is 5.26 Å². The fraction of sp³-hybridized carbons (Fsp3) is 0.143. The van der Waals surface area contributed by atoms with E-state index in [1.54, 1.807) is 7.11 Å². The normalized spacial score (nSPS) is 16.6. The summed E-state index contributed by atoms with van der Waals surface area (Å²) >= 11 is 3.61. The second-order valence-electron chi connectivity index (χ2n) is 6.70. The standard InChI is InChI=1S/C21H15BrN4O4/c1-27-11-4-2-10(3-5-11)19-18-17(13(8-23)20(24)30-21(18)26-25-19)12-6-15-16(7-14(12)22)29-9-28-15/h2-7,17H,9,24H2,1H3,(H,25,26)/t17-/m1/s1. The number of nitrogens with one attached hydrogen (secondary N) is 1. The highest BCUT2D eigenvalue weighted by molar-refractivity contribution is 9.10. The van der Waals surface area contributed by atoms with Crippen LogP contribution in [0.1, 0.15) is 17.0 Å². The lowest BCUT2D eigenvalue weighted by molar-refractivity contribution is 0.174. The average Bonchev–Trinajstić information content (AvgIpc) is 3.38. The third kappa shape index (κ3) is 2.76. The molecule has 0 fully saturated rings. The number of fused-ring (bicyclic) bond motifs is 2. The van der Waals surface area contributed by atoms with Crippen molar-refractivity contribution in [3.8, 4) is 40.5 Å². The van der Waals surface area contributed by atoms with Crippen LogP contribution in [0.4, 0.5) is 0 Å². The Morgan fingerprint density at radius 1 is 1.23 bits per heavy atom. The summed E-state index contributed by atoms with van der Waals surface area (Å²) in [6.45, 7) is 0.149. The van der Waals surface area contributed by atoms with E-state index < -0.39 is 5.92 Å². The van der Waals surface area contributed by atoms with Crippen molar-refractivity contribution in [2.24, 2.45) is 5.73 Å². The molecule has 0 aliphatic carbocycles. The molecular weight excluding hydrogens is 452 g/mol. The van der Waals surface area contributed by atoms with Crippen molar-refractivity contribution in [1.29, 1.82) is 5.26 Å². The fourth-order valence-electron chi connectivity index (χ4n) is 3.69. The third-order valence-electron chi connectivity index (χ3n) is 5.12. The van der Waals surface area contributed by atoms with Gasteiger partial charge in [0.05, 0.1) is 24.3 Å². The van der Waals surface area contributed by atoms with Crippen molar-refractivity contribution in [3.63, 3.8) is 0 Å². The van der Waals surface area contributed by atoms with Gasteiger partial charge in [-0.05, 0) is 42.0 Å². The lowest BCUT2D eigenvalue weighted by atomic mass is 9.83. The van der Waals surface area contributed by atoms with Crippen LogP contribution in [0.25, 0.3) is 11.3 Å². The number of rotatable bonds is 3. The van der Waals surface area contributed by atoms with E-state index in [-0.39, 0.29) is 12.7 Å². The summed E-state index contributed by atoms with van der Waals surface area (Å²) in [5, 5.41) is 17.2. The van der Waals surface area contributed by atoms with Crippen molar-refractivity contribution < 1.29 is 18.9 Å². The van der Waals surface area contributed by atoms with Crippen LogP contribution in [0.2, 0.25) is 0 Å². The molecule has 9 heteroatoms.